The summed E-state index contributed by atoms with van der Waals surface area (Å²) >= 11 is 1.14. The fourth-order valence-corrected chi connectivity index (χ4v) is 2.21. The number of nitrogens with one attached hydrogen (secondary N) is 1. The van der Waals surface area contributed by atoms with Crippen LogP contribution in [0.3, 0.4) is 0 Å². The molecule has 21 heavy (non-hydrogen) atoms. The van der Waals surface area contributed by atoms with E-state index < -0.39 is 4.92 Å². The van der Waals surface area contributed by atoms with Gasteiger partial charge in [-0.2, -0.15) is 0 Å². The lowest BCUT2D eigenvalue weighted by molar-refractivity contribution is -0.384. The molecule has 2 rings (SSSR count). The van der Waals surface area contributed by atoms with E-state index in [0.717, 1.165) is 17.3 Å². The van der Waals surface area contributed by atoms with Gasteiger partial charge in [0.25, 0.3) is 5.69 Å². The van der Waals surface area contributed by atoms with Crippen LogP contribution in [0.2, 0.25) is 0 Å². The predicted molar refractivity (Wildman–Crippen MR) is 76.0 cm³/mol. The molecule has 110 valence electrons. The van der Waals surface area contributed by atoms with E-state index >= 15 is 0 Å². The largest absolute Gasteiger partial charge is 0.320 e. The molecule has 9 nitrogen and oxygen atoms in total. The summed E-state index contributed by atoms with van der Waals surface area (Å²) in [5.41, 5.74) is 0.792. The van der Waals surface area contributed by atoms with Gasteiger partial charge in [-0.15, -0.1) is 5.10 Å². The number of nitrogens with zero attached hydrogens (tertiary/aromatic N) is 5. The number of nitro groups is 1. The van der Waals surface area contributed by atoms with Crippen LogP contribution < -0.4 is 5.32 Å². The lowest BCUT2D eigenvalue weighted by atomic mass is 10.2. The Labute approximate surface area is 123 Å². The highest BCUT2D eigenvalue weighted by Gasteiger charge is 2.16. The molecule has 0 spiro atoms. The highest BCUT2D eigenvalue weighted by atomic mass is 32.2. The number of nitro benzene ring substituents is 1. The average Bonchev–Trinajstić information content (AvgIpc) is 2.84. The van der Waals surface area contributed by atoms with Crippen molar-refractivity contribution in [3.05, 3.63) is 33.9 Å². The average molecular weight is 308 g/mol. The highest BCUT2D eigenvalue weighted by Crippen LogP contribution is 2.25. The third-order valence-corrected chi connectivity index (χ3v) is 3.55. The zero-order chi connectivity index (χ0) is 15.4. The van der Waals surface area contributed by atoms with Crippen LogP contribution in [0.1, 0.15) is 5.56 Å². The maximum Gasteiger partial charge on any atom is 0.293 e. The van der Waals surface area contributed by atoms with E-state index in [1.165, 1.54) is 16.8 Å². The van der Waals surface area contributed by atoms with Gasteiger partial charge < -0.3 is 5.32 Å². The Kier molecular flexibility index (Phi) is 4.48. The monoisotopic (exact) mass is 308 g/mol. The van der Waals surface area contributed by atoms with E-state index in [1.807, 2.05) is 0 Å². The number of carbonyl (C=O) groups is 1. The minimum atomic E-state index is -0.525. The second kappa shape index (κ2) is 6.31. The summed E-state index contributed by atoms with van der Waals surface area (Å²) in [6.07, 6.45) is 0. The third kappa shape index (κ3) is 3.75. The van der Waals surface area contributed by atoms with Crippen LogP contribution >= 0.6 is 11.8 Å². The number of thioether (sulfide) groups is 1. The van der Waals surface area contributed by atoms with Gasteiger partial charge in [0.1, 0.15) is 5.69 Å². The second-order valence-electron chi connectivity index (χ2n) is 4.20. The molecule has 0 saturated heterocycles. The normalized spacial score (nSPS) is 10.4. The molecule has 0 aliphatic carbocycles. The van der Waals surface area contributed by atoms with Crippen LogP contribution in [0.4, 0.5) is 11.4 Å². The SMILES string of the molecule is Cc1ccc(NC(=O)CSc2nnnn2C)c([N+](=O)[O-])c1. The number of rotatable bonds is 5. The molecule has 1 aromatic carbocycles. The Morgan fingerprint density at radius 2 is 2.29 bits per heavy atom. The summed E-state index contributed by atoms with van der Waals surface area (Å²) in [5, 5.41) is 24.8. The van der Waals surface area contributed by atoms with Crippen LogP contribution in [0.5, 0.6) is 0 Å². The zero-order valence-electron chi connectivity index (χ0n) is 11.3. The molecular weight excluding hydrogens is 296 g/mol. The molecule has 0 fully saturated rings. The second-order valence-corrected chi connectivity index (χ2v) is 5.14. The van der Waals surface area contributed by atoms with Crippen molar-refractivity contribution >= 4 is 29.0 Å². The van der Waals surface area contributed by atoms with Crippen molar-refractivity contribution in [2.75, 3.05) is 11.1 Å². The Balaban J connectivity index is 2.03. The number of carbonyl (C=O) groups excluding carboxylic acids is 1. The molecule has 0 atom stereocenters. The molecule has 1 aromatic heterocycles. The number of aryl methyl sites for hydroxylation is 2. The Morgan fingerprint density at radius 1 is 1.52 bits per heavy atom. The van der Waals surface area contributed by atoms with Crippen molar-refractivity contribution in [2.45, 2.75) is 12.1 Å². The minimum absolute atomic E-state index is 0.0548. The van der Waals surface area contributed by atoms with Gasteiger partial charge in [-0.05, 0) is 29.0 Å². The molecule has 0 radical (unpaired) electrons. The molecule has 1 heterocycles. The van der Waals surface area contributed by atoms with E-state index in [9.17, 15) is 14.9 Å². The van der Waals surface area contributed by atoms with Gasteiger partial charge in [0.15, 0.2) is 0 Å². The summed E-state index contributed by atoms with van der Waals surface area (Å²) < 4.78 is 1.44. The van der Waals surface area contributed by atoms with Gasteiger partial charge in [0, 0.05) is 13.1 Å². The molecule has 0 unspecified atom stereocenters. The summed E-state index contributed by atoms with van der Waals surface area (Å²) in [6, 6.07) is 4.62. The van der Waals surface area contributed by atoms with Crippen molar-refractivity contribution < 1.29 is 9.72 Å². The first-order valence-corrected chi connectivity index (χ1v) is 6.86. The smallest absolute Gasteiger partial charge is 0.293 e. The van der Waals surface area contributed by atoms with Crippen molar-refractivity contribution in [1.82, 2.24) is 20.2 Å². The van der Waals surface area contributed by atoms with Crippen molar-refractivity contribution in [3.63, 3.8) is 0 Å². The standard InChI is InChI=1S/C11H12N6O3S/c1-7-3-4-8(9(5-7)17(19)20)12-10(18)6-21-11-13-14-15-16(11)2/h3-5H,6H2,1-2H3,(H,12,18). The number of anilines is 1. The first-order valence-electron chi connectivity index (χ1n) is 5.87. The van der Waals surface area contributed by atoms with Gasteiger partial charge in [0.05, 0.1) is 10.7 Å². The number of hydrogen-bond acceptors (Lipinski definition) is 7. The Hall–Kier alpha value is -2.49. The van der Waals surface area contributed by atoms with E-state index in [2.05, 4.69) is 20.8 Å². The molecule has 0 bridgehead atoms. The maximum absolute atomic E-state index is 11.8. The van der Waals surface area contributed by atoms with Crippen LogP contribution in [-0.4, -0.2) is 36.8 Å². The Morgan fingerprint density at radius 3 is 2.90 bits per heavy atom. The third-order valence-electron chi connectivity index (χ3n) is 2.54. The summed E-state index contributed by atoms with van der Waals surface area (Å²) in [6.45, 7) is 1.75. The van der Waals surface area contributed by atoms with Crippen molar-refractivity contribution in [2.24, 2.45) is 7.05 Å². The van der Waals surface area contributed by atoms with E-state index in [1.54, 1.807) is 20.0 Å². The van der Waals surface area contributed by atoms with E-state index in [4.69, 9.17) is 0 Å². The van der Waals surface area contributed by atoms with Gasteiger partial charge in [-0.25, -0.2) is 4.68 Å². The molecular formula is C11H12N6O3S. The number of hydrogen-bond donors (Lipinski definition) is 1. The van der Waals surface area contributed by atoms with Crippen molar-refractivity contribution in [1.29, 1.82) is 0 Å². The van der Waals surface area contributed by atoms with Gasteiger partial charge >= 0.3 is 0 Å². The highest BCUT2D eigenvalue weighted by molar-refractivity contribution is 7.99. The summed E-state index contributed by atoms with van der Waals surface area (Å²) in [4.78, 5) is 22.3. The summed E-state index contributed by atoms with van der Waals surface area (Å²) in [5.74, 6) is -0.311. The number of aromatic nitrogens is 4. The predicted octanol–water partition coefficient (Wildman–Crippen LogP) is 1.16. The van der Waals surface area contributed by atoms with E-state index in [-0.39, 0.29) is 23.0 Å². The first-order chi connectivity index (χ1) is 9.97. The molecule has 1 amide bonds. The maximum atomic E-state index is 11.8. The number of amides is 1. The topological polar surface area (TPSA) is 116 Å². The molecule has 2 aromatic rings. The molecule has 0 aliphatic heterocycles. The molecule has 1 N–H and O–H groups in total. The van der Waals surface area contributed by atoms with Crippen LogP contribution in [0.25, 0.3) is 0 Å². The van der Waals surface area contributed by atoms with Gasteiger partial charge in [0.2, 0.25) is 11.1 Å². The molecule has 0 saturated carbocycles. The van der Waals surface area contributed by atoms with Crippen molar-refractivity contribution in [3.8, 4) is 0 Å². The fraction of sp³-hybridized carbons (Fsp3) is 0.273. The Bertz CT molecular complexity index is 686. The lowest BCUT2D eigenvalue weighted by Crippen LogP contribution is -2.15. The first kappa shape index (κ1) is 14.9. The van der Waals surface area contributed by atoms with Crippen LogP contribution in [-0.2, 0) is 11.8 Å². The fourth-order valence-electron chi connectivity index (χ4n) is 1.56. The lowest BCUT2D eigenvalue weighted by Gasteiger charge is -2.06. The minimum Gasteiger partial charge on any atom is -0.320 e. The summed E-state index contributed by atoms with van der Waals surface area (Å²) in [7, 11) is 1.66. The number of tetrazole rings is 1. The number of benzene rings is 1. The van der Waals surface area contributed by atoms with E-state index in [0.29, 0.717) is 5.16 Å². The van der Waals surface area contributed by atoms with Gasteiger partial charge in [-0.1, -0.05) is 17.8 Å². The zero-order valence-corrected chi connectivity index (χ0v) is 12.1. The van der Waals surface area contributed by atoms with Gasteiger partial charge in [-0.3, -0.25) is 14.9 Å². The molecule has 10 heteroatoms. The van der Waals surface area contributed by atoms with Crippen LogP contribution in [0, 0.1) is 17.0 Å². The quantitative estimate of drug-likeness (QED) is 0.500. The molecule has 0 aliphatic rings. The van der Waals surface area contributed by atoms with Crippen LogP contribution in [0.15, 0.2) is 23.4 Å².